The van der Waals surface area contributed by atoms with Gasteiger partial charge in [-0.15, -0.1) is 0 Å². The van der Waals surface area contributed by atoms with Crippen LogP contribution in [0.5, 0.6) is 0 Å². The maximum absolute atomic E-state index is 5.97. The first-order valence-corrected chi connectivity index (χ1v) is 7.94. The third kappa shape index (κ3) is 3.73. The molecule has 1 fully saturated rings. The van der Waals surface area contributed by atoms with Gasteiger partial charge in [-0.05, 0) is 48.3 Å². The van der Waals surface area contributed by atoms with Crippen LogP contribution in [0.15, 0.2) is 24.3 Å². The van der Waals surface area contributed by atoms with Crippen molar-refractivity contribution < 1.29 is 0 Å². The summed E-state index contributed by atoms with van der Waals surface area (Å²) in [7, 11) is 0. The fraction of sp³-hybridized carbons (Fsp3) is 0.647. The first-order valence-electron chi connectivity index (χ1n) is 7.56. The Balaban J connectivity index is 1.98. The van der Waals surface area contributed by atoms with Crippen molar-refractivity contribution in [2.24, 2.45) is 11.3 Å². The Labute approximate surface area is 122 Å². The van der Waals surface area contributed by atoms with Crippen LogP contribution in [-0.2, 0) is 0 Å². The lowest BCUT2D eigenvalue weighted by molar-refractivity contribution is 0.315. The molecule has 0 aromatic heterocycles. The van der Waals surface area contributed by atoms with E-state index in [2.05, 4.69) is 38.2 Å². The summed E-state index contributed by atoms with van der Waals surface area (Å²) in [5.74, 6) is 0.785. The van der Waals surface area contributed by atoms with Gasteiger partial charge in [0.25, 0.3) is 0 Å². The first kappa shape index (κ1) is 14.9. The average Bonchev–Trinajstić information content (AvgIpc) is 3.17. The van der Waals surface area contributed by atoms with E-state index in [9.17, 15) is 0 Å². The molecule has 0 radical (unpaired) electrons. The van der Waals surface area contributed by atoms with Gasteiger partial charge in [-0.1, -0.05) is 50.9 Å². The van der Waals surface area contributed by atoms with E-state index in [-0.39, 0.29) is 0 Å². The normalized spacial score (nSPS) is 18.6. The van der Waals surface area contributed by atoms with Gasteiger partial charge in [0.2, 0.25) is 0 Å². The van der Waals surface area contributed by atoms with Crippen LogP contribution in [0.1, 0.15) is 58.1 Å². The van der Waals surface area contributed by atoms with Crippen molar-refractivity contribution >= 4 is 11.6 Å². The van der Waals surface area contributed by atoms with Crippen LogP contribution in [0.2, 0.25) is 5.02 Å². The highest BCUT2D eigenvalue weighted by atomic mass is 35.5. The lowest BCUT2D eigenvalue weighted by Crippen LogP contribution is -2.31. The van der Waals surface area contributed by atoms with Crippen molar-refractivity contribution in [1.29, 1.82) is 0 Å². The van der Waals surface area contributed by atoms with Crippen molar-refractivity contribution in [3.8, 4) is 0 Å². The van der Waals surface area contributed by atoms with Gasteiger partial charge in [-0.2, -0.15) is 0 Å². The molecule has 19 heavy (non-hydrogen) atoms. The molecule has 0 bridgehead atoms. The topological polar surface area (TPSA) is 12.0 Å². The second-order valence-electron chi connectivity index (χ2n) is 6.29. The molecule has 1 N–H and O–H groups in total. The monoisotopic (exact) mass is 279 g/mol. The van der Waals surface area contributed by atoms with Gasteiger partial charge in [0.1, 0.15) is 0 Å². The summed E-state index contributed by atoms with van der Waals surface area (Å²) in [6, 6.07) is 8.78. The van der Waals surface area contributed by atoms with Gasteiger partial charge in [0, 0.05) is 17.6 Å². The molecule has 0 saturated heterocycles. The van der Waals surface area contributed by atoms with E-state index in [1.54, 1.807) is 0 Å². The van der Waals surface area contributed by atoms with Crippen molar-refractivity contribution in [3.05, 3.63) is 34.9 Å². The van der Waals surface area contributed by atoms with Crippen molar-refractivity contribution in [3.63, 3.8) is 0 Å². The van der Waals surface area contributed by atoms with Gasteiger partial charge < -0.3 is 5.32 Å². The molecule has 2 rings (SSSR count). The highest BCUT2D eigenvalue weighted by Gasteiger charge is 2.45. The van der Waals surface area contributed by atoms with Crippen molar-refractivity contribution in [2.45, 2.75) is 52.5 Å². The summed E-state index contributed by atoms with van der Waals surface area (Å²) in [6.07, 6.45) is 5.17. The maximum Gasteiger partial charge on any atom is 0.0406 e. The van der Waals surface area contributed by atoms with E-state index in [1.807, 2.05) is 12.1 Å². The van der Waals surface area contributed by atoms with Crippen molar-refractivity contribution in [1.82, 2.24) is 5.32 Å². The lowest BCUT2D eigenvalue weighted by Gasteiger charge is -2.25. The van der Waals surface area contributed by atoms with E-state index in [1.165, 1.54) is 31.2 Å². The van der Waals surface area contributed by atoms with Crippen LogP contribution in [-0.4, -0.2) is 6.54 Å². The standard InChI is InChI=1S/C17H26ClN/c1-4-5-16(14-6-8-15(18)9-7-14)19-12-17(10-11-17)13(2)3/h6-9,13,16,19H,4-5,10-12H2,1-3H3. The Morgan fingerprint density at radius 3 is 2.32 bits per heavy atom. The fourth-order valence-electron chi connectivity index (χ4n) is 2.82. The predicted molar refractivity (Wildman–Crippen MR) is 83.6 cm³/mol. The first-order chi connectivity index (χ1) is 9.07. The van der Waals surface area contributed by atoms with E-state index >= 15 is 0 Å². The third-order valence-electron chi connectivity index (χ3n) is 4.67. The summed E-state index contributed by atoms with van der Waals surface area (Å²) >= 11 is 5.97. The molecular formula is C17H26ClN. The molecule has 1 aromatic rings. The minimum Gasteiger partial charge on any atom is -0.309 e. The Kier molecular flexibility index (Phi) is 4.92. The zero-order valence-corrected chi connectivity index (χ0v) is 13.1. The summed E-state index contributed by atoms with van der Waals surface area (Å²) in [4.78, 5) is 0. The molecule has 1 aliphatic carbocycles. The summed E-state index contributed by atoms with van der Waals surface area (Å²) in [5, 5.41) is 4.62. The number of benzene rings is 1. The predicted octanol–water partition coefficient (Wildman–Crippen LogP) is 5.21. The molecule has 0 heterocycles. The van der Waals surface area contributed by atoms with E-state index in [0.29, 0.717) is 11.5 Å². The molecule has 1 nitrogen and oxygen atoms in total. The number of hydrogen-bond donors (Lipinski definition) is 1. The SMILES string of the molecule is CCCC(NCC1(C(C)C)CC1)c1ccc(Cl)cc1. The second kappa shape index (κ2) is 6.28. The van der Waals surface area contributed by atoms with Gasteiger partial charge in [0.05, 0.1) is 0 Å². The quantitative estimate of drug-likeness (QED) is 0.723. The highest BCUT2D eigenvalue weighted by molar-refractivity contribution is 6.30. The van der Waals surface area contributed by atoms with Crippen molar-refractivity contribution in [2.75, 3.05) is 6.54 Å². The van der Waals surface area contributed by atoms with Gasteiger partial charge in [0.15, 0.2) is 0 Å². The molecule has 0 spiro atoms. The Morgan fingerprint density at radius 1 is 1.21 bits per heavy atom. The summed E-state index contributed by atoms with van der Waals surface area (Å²) in [6.45, 7) is 8.11. The van der Waals surface area contributed by atoms with Crippen LogP contribution < -0.4 is 5.32 Å². The smallest absolute Gasteiger partial charge is 0.0406 e. The molecule has 106 valence electrons. The zero-order valence-electron chi connectivity index (χ0n) is 12.4. The molecule has 1 aromatic carbocycles. The molecule has 0 amide bonds. The summed E-state index contributed by atoms with van der Waals surface area (Å²) in [5.41, 5.74) is 1.93. The third-order valence-corrected chi connectivity index (χ3v) is 4.92. The molecule has 1 atom stereocenters. The van der Waals surface area contributed by atoms with Crippen LogP contribution in [0.25, 0.3) is 0 Å². The van der Waals surface area contributed by atoms with E-state index in [4.69, 9.17) is 11.6 Å². The van der Waals surface area contributed by atoms with Crippen LogP contribution in [0.3, 0.4) is 0 Å². The van der Waals surface area contributed by atoms with Gasteiger partial charge in [-0.25, -0.2) is 0 Å². The molecule has 1 saturated carbocycles. The van der Waals surface area contributed by atoms with Crippen LogP contribution in [0, 0.1) is 11.3 Å². The largest absolute Gasteiger partial charge is 0.309 e. The minimum atomic E-state index is 0.471. The average molecular weight is 280 g/mol. The van der Waals surface area contributed by atoms with Crippen LogP contribution in [0.4, 0.5) is 0 Å². The number of hydrogen-bond acceptors (Lipinski definition) is 1. The van der Waals surface area contributed by atoms with E-state index in [0.717, 1.165) is 17.5 Å². The molecule has 1 unspecified atom stereocenters. The van der Waals surface area contributed by atoms with Gasteiger partial charge in [-0.3, -0.25) is 0 Å². The fourth-order valence-corrected chi connectivity index (χ4v) is 2.94. The molecular weight excluding hydrogens is 254 g/mol. The zero-order chi connectivity index (χ0) is 13.9. The Hall–Kier alpha value is -0.530. The highest BCUT2D eigenvalue weighted by Crippen LogP contribution is 2.51. The minimum absolute atomic E-state index is 0.471. The Bertz CT molecular complexity index is 392. The molecule has 1 aliphatic rings. The van der Waals surface area contributed by atoms with Crippen LogP contribution >= 0.6 is 11.6 Å². The second-order valence-corrected chi connectivity index (χ2v) is 6.73. The van der Waals surface area contributed by atoms with E-state index < -0.39 is 0 Å². The van der Waals surface area contributed by atoms with Gasteiger partial charge >= 0.3 is 0 Å². The molecule has 2 heteroatoms. The maximum atomic E-state index is 5.97. The number of halogens is 1. The lowest BCUT2D eigenvalue weighted by atomic mass is 9.91. The number of rotatable bonds is 7. The molecule has 0 aliphatic heterocycles. The summed E-state index contributed by atoms with van der Waals surface area (Å²) < 4.78 is 0. The Morgan fingerprint density at radius 2 is 1.84 bits per heavy atom. The number of nitrogens with one attached hydrogen (secondary N) is 1.